The van der Waals surface area contributed by atoms with Gasteiger partial charge in [0, 0.05) is 32.0 Å². The number of amides is 1. The number of aromatic nitrogens is 5. The van der Waals surface area contributed by atoms with Gasteiger partial charge in [-0.05, 0) is 31.4 Å². The van der Waals surface area contributed by atoms with E-state index in [4.69, 9.17) is 0 Å². The summed E-state index contributed by atoms with van der Waals surface area (Å²) >= 11 is 0. The van der Waals surface area contributed by atoms with Crippen LogP contribution in [0.3, 0.4) is 0 Å². The van der Waals surface area contributed by atoms with E-state index in [0.29, 0.717) is 6.54 Å². The van der Waals surface area contributed by atoms with Crippen LogP contribution in [0.1, 0.15) is 36.4 Å². The van der Waals surface area contributed by atoms with Gasteiger partial charge in [0.1, 0.15) is 6.33 Å². The molecule has 3 rings (SSSR count). The lowest BCUT2D eigenvalue weighted by atomic mass is 10.1. The van der Waals surface area contributed by atoms with E-state index in [-0.39, 0.29) is 23.7 Å². The van der Waals surface area contributed by atoms with Crippen molar-refractivity contribution in [1.29, 1.82) is 0 Å². The number of hydrogen-bond donors (Lipinski definition) is 2. The predicted octanol–water partition coefficient (Wildman–Crippen LogP) is 0.465. The van der Waals surface area contributed by atoms with Crippen molar-refractivity contribution in [3.63, 3.8) is 0 Å². The second-order valence-electron chi connectivity index (χ2n) is 6.09. The first-order chi connectivity index (χ1) is 11.2. The molecule has 1 saturated heterocycles. The molecule has 1 amide bonds. The second-order valence-corrected chi connectivity index (χ2v) is 6.09. The van der Waals surface area contributed by atoms with Crippen molar-refractivity contribution in [2.45, 2.75) is 32.4 Å². The normalized spacial score (nSPS) is 19.4. The Morgan fingerprint density at radius 3 is 3.22 bits per heavy atom. The molecule has 0 aromatic carbocycles. The zero-order valence-electron chi connectivity index (χ0n) is 13.4. The molecule has 0 aliphatic carbocycles. The Balaban J connectivity index is 1.49. The summed E-state index contributed by atoms with van der Waals surface area (Å²) < 4.78 is 3.66. The van der Waals surface area contributed by atoms with Crippen molar-refractivity contribution in [2.24, 2.45) is 5.92 Å². The number of rotatable bonds is 6. The van der Waals surface area contributed by atoms with Crippen LogP contribution in [0.25, 0.3) is 0 Å². The van der Waals surface area contributed by atoms with Crippen LogP contribution in [0.15, 0.2) is 24.8 Å². The zero-order chi connectivity index (χ0) is 16.1. The molecule has 23 heavy (non-hydrogen) atoms. The molecule has 0 spiro atoms. The van der Waals surface area contributed by atoms with Gasteiger partial charge in [-0.2, -0.15) is 5.10 Å². The zero-order valence-corrected chi connectivity index (χ0v) is 13.4. The Morgan fingerprint density at radius 1 is 1.57 bits per heavy atom. The SMILES string of the molecule is C[C@H](CNC(=O)c1ncn([C@H]2CCCNC2)n1)Cn1cccn1. The van der Waals surface area contributed by atoms with E-state index in [9.17, 15) is 4.79 Å². The molecule has 1 aliphatic heterocycles. The van der Waals surface area contributed by atoms with E-state index in [1.54, 1.807) is 17.2 Å². The fourth-order valence-corrected chi connectivity index (χ4v) is 2.75. The van der Waals surface area contributed by atoms with Crippen molar-refractivity contribution >= 4 is 5.91 Å². The van der Waals surface area contributed by atoms with Crippen LogP contribution in [0.4, 0.5) is 0 Å². The molecule has 2 atom stereocenters. The number of carbonyl (C=O) groups excluding carboxylic acids is 1. The van der Waals surface area contributed by atoms with Gasteiger partial charge in [-0.1, -0.05) is 6.92 Å². The summed E-state index contributed by atoms with van der Waals surface area (Å²) in [7, 11) is 0. The van der Waals surface area contributed by atoms with Gasteiger partial charge in [-0.15, -0.1) is 5.10 Å². The molecule has 8 heteroatoms. The van der Waals surface area contributed by atoms with E-state index in [0.717, 1.165) is 32.5 Å². The minimum Gasteiger partial charge on any atom is -0.349 e. The Labute approximate surface area is 135 Å². The number of carbonyl (C=O) groups is 1. The third-order valence-electron chi connectivity index (χ3n) is 4.03. The summed E-state index contributed by atoms with van der Waals surface area (Å²) in [5.41, 5.74) is 0. The molecule has 2 aromatic rings. The van der Waals surface area contributed by atoms with Gasteiger partial charge in [0.25, 0.3) is 5.91 Å². The van der Waals surface area contributed by atoms with Crippen molar-refractivity contribution in [3.8, 4) is 0 Å². The highest BCUT2D eigenvalue weighted by molar-refractivity contribution is 5.90. The summed E-state index contributed by atoms with van der Waals surface area (Å²) in [6.45, 7) is 5.33. The Morgan fingerprint density at radius 2 is 2.48 bits per heavy atom. The standard InChI is InChI=1S/C15H23N7O/c1-12(10-21-7-3-6-19-21)8-17-15(23)14-18-11-22(20-14)13-4-2-5-16-9-13/h3,6-7,11-13,16H,2,4-5,8-10H2,1H3,(H,17,23)/t12-,13+/m1/s1. The highest BCUT2D eigenvalue weighted by atomic mass is 16.2. The molecule has 8 nitrogen and oxygen atoms in total. The quantitative estimate of drug-likeness (QED) is 0.808. The summed E-state index contributed by atoms with van der Waals surface area (Å²) in [5, 5.41) is 14.7. The van der Waals surface area contributed by atoms with E-state index in [2.05, 4.69) is 32.7 Å². The lowest BCUT2D eigenvalue weighted by molar-refractivity contribution is 0.0935. The smallest absolute Gasteiger partial charge is 0.290 e. The predicted molar refractivity (Wildman–Crippen MR) is 84.9 cm³/mol. The maximum Gasteiger partial charge on any atom is 0.290 e. The third kappa shape index (κ3) is 4.16. The van der Waals surface area contributed by atoms with Gasteiger partial charge in [0.15, 0.2) is 0 Å². The number of nitrogens with one attached hydrogen (secondary N) is 2. The summed E-state index contributed by atoms with van der Waals surface area (Å²) in [4.78, 5) is 16.3. The Hall–Kier alpha value is -2.22. The van der Waals surface area contributed by atoms with Crippen molar-refractivity contribution in [3.05, 3.63) is 30.6 Å². The van der Waals surface area contributed by atoms with Crippen LogP contribution in [0.2, 0.25) is 0 Å². The molecule has 0 saturated carbocycles. The average Bonchev–Trinajstić information content (AvgIpc) is 3.25. The van der Waals surface area contributed by atoms with E-state index >= 15 is 0 Å². The summed E-state index contributed by atoms with van der Waals surface area (Å²) in [6.07, 6.45) is 7.51. The molecule has 0 unspecified atom stereocenters. The van der Waals surface area contributed by atoms with Gasteiger partial charge >= 0.3 is 0 Å². The van der Waals surface area contributed by atoms with Crippen molar-refractivity contribution < 1.29 is 4.79 Å². The van der Waals surface area contributed by atoms with Crippen LogP contribution in [0.5, 0.6) is 0 Å². The summed E-state index contributed by atoms with van der Waals surface area (Å²) in [6, 6.07) is 2.18. The molecule has 1 fully saturated rings. The van der Waals surface area contributed by atoms with Crippen molar-refractivity contribution in [1.82, 2.24) is 35.2 Å². The van der Waals surface area contributed by atoms with E-state index in [1.165, 1.54) is 0 Å². The minimum absolute atomic E-state index is 0.222. The molecule has 1 aliphatic rings. The first-order valence-corrected chi connectivity index (χ1v) is 8.10. The molecule has 0 bridgehead atoms. The Kier molecular flexibility index (Phi) is 5.02. The molecular weight excluding hydrogens is 294 g/mol. The molecule has 2 N–H and O–H groups in total. The molecule has 3 heterocycles. The first-order valence-electron chi connectivity index (χ1n) is 8.10. The fraction of sp³-hybridized carbons (Fsp3) is 0.600. The van der Waals surface area contributed by atoms with Gasteiger partial charge in [0.05, 0.1) is 6.04 Å². The highest BCUT2D eigenvalue weighted by Crippen LogP contribution is 2.14. The first kappa shape index (κ1) is 15.7. The molecule has 0 radical (unpaired) electrons. The largest absolute Gasteiger partial charge is 0.349 e. The number of piperidine rings is 1. The minimum atomic E-state index is -0.222. The number of hydrogen-bond acceptors (Lipinski definition) is 5. The van der Waals surface area contributed by atoms with Gasteiger partial charge in [-0.3, -0.25) is 9.48 Å². The van der Waals surface area contributed by atoms with E-state index < -0.39 is 0 Å². The molecule has 2 aromatic heterocycles. The maximum absolute atomic E-state index is 12.2. The van der Waals surface area contributed by atoms with Crippen LogP contribution in [-0.2, 0) is 6.54 Å². The maximum atomic E-state index is 12.2. The van der Waals surface area contributed by atoms with Crippen LogP contribution in [-0.4, -0.2) is 50.1 Å². The van der Waals surface area contributed by atoms with Gasteiger partial charge < -0.3 is 10.6 Å². The lowest BCUT2D eigenvalue weighted by Crippen LogP contribution is -2.33. The van der Waals surface area contributed by atoms with Crippen LogP contribution < -0.4 is 10.6 Å². The number of nitrogens with zero attached hydrogens (tertiary/aromatic N) is 5. The van der Waals surface area contributed by atoms with Crippen LogP contribution >= 0.6 is 0 Å². The molecule has 124 valence electrons. The molecular formula is C15H23N7O. The second kappa shape index (κ2) is 7.36. The van der Waals surface area contributed by atoms with Gasteiger partial charge in [0.2, 0.25) is 5.82 Å². The topological polar surface area (TPSA) is 89.7 Å². The lowest BCUT2D eigenvalue weighted by Gasteiger charge is -2.22. The average molecular weight is 317 g/mol. The third-order valence-corrected chi connectivity index (χ3v) is 4.03. The van der Waals surface area contributed by atoms with E-state index in [1.807, 2.05) is 16.9 Å². The summed E-state index contributed by atoms with van der Waals surface area (Å²) in [5.74, 6) is 0.296. The Bertz CT molecular complexity index is 616. The van der Waals surface area contributed by atoms with Crippen LogP contribution in [0, 0.1) is 5.92 Å². The van der Waals surface area contributed by atoms with Gasteiger partial charge in [-0.25, -0.2) is 9.67 Å². The van der Waals surface area contributed by atoms with Crippen molar-refractivity contribution in [2.75, 3.05) is 19.6 Å². The fourth-order valence-electron chi connectivity index (χ4n) is 2.75. The highest BCUT2D eigenvalue weighted by Gasteiger charge is 2.19. The monoisotopic (exact) mass is 317 g/mol.